The molecule has 0 N–H and O–H groups in total. The molecule has 0 aliphatic rings. The van der Waals surface area contributed by atoms with Gasteiger partial charge in [-0.05, 0) is 42.7 Å². The summed E-state index contributed by atoms with van der Waals surface area (Å²) in [7, 11) is 0. The van der Waals surface area contributed by atoms with Crippen LogP contribution >= 0.6 is 0 Å². The smallest absolute Gasteiger partial charge is 0.311 e. The summed E-state index contributed by atoms with van der Waals surface area (Å²) in [6, 6.07) is 12.5. The molecule has 5 nitrogen and oxygen atoms in total. The highest BCUT2D eigenvalue weighted by atomic mass is 16.5. The SMILES string of the molecule is CCCCCCCCCCOc1ccc(-c2coc3cc(OC(=O)CCCCCCC)ccc3c2=O)cc1. The number of carbonyl (C=O) groups is 1. The van der Waals surface area contributed by atoms with Crippen LogP contribution in [0.4, 0.5) is 0 Å². The fourth-order valence-corrected chi connectivity index (χ4v) is 4.58. The second-order valence-electron chi connectivity index (χ2n) is 10.1. The van der Waals surface area contributed by atoms with E-state index >= 15 is 0 Å². The third-order valence-corrected chi connectivity index (χ3v) is 6.89. The minimum Gasteiger partial charge on any atom is -0.494 e. The number of ether oxygens (including phenoxy) is 2. The largest absolute Gasteiger partial charge is 0.494 e. The Morgan fingerprint density at radius 3 is 2.03 bits per heavy atom. The van der Waals surface area contributed by atoms with E-state index in [9.17, 15) is 9.59 Å². The van der Waals surface area contributed by atoms with E-state index in [-0.39, 0.29) is 11.4 Å². The third kappa shape index (κ3) is 9.66. The number of benzene rings is 2. The number of unbranched alkanes of at least 4 members (excludes halogenated alkanes) is 11. The standard InChI is InChI=1S/C33H44O5/c1-3-5-7-9-10-11-13-15-23-36-27-19-17-26(18-20-27)30-25-37-31-24-28(21-22-29(31)33(30)35)38-32(34)16-14-12-8-6-4-2/h17-22,24-25H,3-16,23H2,1-2H3. The highest BCUT2D eigenvalue weighted by Crippen LogP contribution is 2.25. The maximum Gasteiger partial charge on any atom is 0.311 e. The predicted octanol–water partition coefficient (Wildman–Crippen LogP) is 9.25. The van der Waals surface area contributed by atoms with Gasteiger partial charge in [-0.3, -0.25) is 9.59 Å². The average molecular weight is 521 g/mol. The first-order chi connectivity index (χ1) is 18.6. The minimum atomic E-state index is -0.260. The van der Waals surface area contributed by atoms with Crippen molar-refractivity contribution in [2.45, 2.75) is 104 Å². The number of carbonyl (C=O) groups excluding carboxylic acids is 1. The summed E-state index contributed by atoms with van der Waals surface area (Å²) in [6.07, 6.45) is 17.4. The van der Waals surface area contributed by atoms with Crippen LogP contribution in [0.25, 0.3) is 22.1 Å². The first-order valence-electron chi connectivity index (χ1n) is 14.6. The molecular weight excluding hydrogens is 476 g/mol. The highest BCUT2D eigenvalue weighted by Gasteiger charge is 2.12. The van der Waals surface area contributed by atoms with Crippen molar-refractivity contribution < 1.29 is 18.7 Å². The van der Waals surface area contributed by atoms with Crippen LogP contribution in [-0.2, 0) is 4.79 Å². The van der Waals surface area contributed by atoms with Gasteiger partial charge in [-0.2, -0.15) is 0 Å². The molecule has 0 saturated carbocycles. The molecule has 0 radical (unpaired) electrons. The molecule has 0 amide bonds. The van der Waals surface area contributed by atoms with E-state index in [1.807, 2.05) is 24.3 Å². The summed E-state index contributed by atoms with van der Waals surface area (Å²) in [5.41, 5.74) is 1.55. The van der Waals surface area contributed by atoms with E-state index in [1.165, 1.54) is 64.1 Å². The van der Waals surface area contributed by atoms with Crippen molar-refractivity contribution in [3.8, 4) is 22.6 Å². The third-order valence-electron chi connectivity index (χ3n) is 6.89. The fraction of sp³-hybridized carbons (Fsp3) is 0.515. The number of fused-ring (bicyclic) bond motifs is 1. The van der Waals surface area contributed by atoms with Crippen molar-refractivity contribution >= 4 is 16.9 Å². The Morgan fingerprint density at radius 2 is 1.34 bits per heavy atom. The zero-order valence-corrected chi connectivity index (χ0v) is 23.3. The average Bonchev–Trinajstić information content (AvgIpc) is 2.93. The Morgan fingerprint density at radius 1 is 0.737 bits per heavy atom. The monoisotopic (exact) mass is 520 g/mol. The van der Waals surface area contributed by atoms with Crippen molar-refractivity contribution in [2.75, 3.05) is 6.61 Å². The Kier molecular flexibility index (Phi) is 13.0. The summed E-state index contributed by atoms with van der Waals surface area (Å²) < 4.78 is 17.1. The molecule has 5 heteroatoms. The maximum atomic E-state index is 13.1. The van der Waals surface area contributed by atoms with E-state index in [2.05, 4.69) is 13.8 Å². The second-order valence-corrected chi connectivity index (χ2v) is 10.1. The van der Waals surface area contributed by atoms with Gasteiger partial charge in [0.1, 0.15) is 23.3 Å². The lowest BCUT2D eigenvalue weighted by Gasteiger charge is -2.08. The quantitative estimate of drug-likeness (QED) is 0.0950. The Bertz CT molecular complexity index is 1160. The van der Waals surface area contributed by atoms with Crippen LogP contribution in [0.1, 0.15) is 104 Å². The lowest BCUT2D eigenvalue weighted by molar-refractivity contribution is -0.134. The van der Waals surface area contributed by atoms with Crippen molar-refractivity contribution in [3.05, 3.63) is 59.0 Å². The van der Waals surface area contributed by atoms with Gasteiger partial charge in [0.2, 0.25) is 0 Å². The predicted molar refractivity (Wildman–Crippen MR) is 155 cm³/mol. The molecule has 3 rings (SSSR count). The van der Waals surface area contributed by atoms with Crippen LogP contribution in [0.5, 0.6) is 11.5 Å². The van der Waals surface area contributed by atoms with Gasteiger partial charge in [-0.15, -0.1) is 0 Å². The normalized spacial score (nSPS) is 11.1. The molecule has 2 aromatic carbocycles. The van der Waals surface area contributed by atoms with Crippen molar-refractivity contribution in [2.24, 2.45) is 0 Å². The van der Waals surface area contributed by atoms with Crippen LogP contribution in [0.15, 0.2) is 57.9 Å². The van der Waals surface area contributed by atoms with Crippen LogP contribution in [0.2, 0.25) is 0 Å². The molecule has 0 saturated heterocycles. The minimum absolute atomic E-state index is 0.118. The van der Waals surface area contributed by atoms with Gasteiger partial charge in [0.15, 0.2) is 5.43 Å². The summed E-state index contributed by atoms with van der Waals surface area (Å²) in [5, 5.41) is 0.455. The number of hydrogen-bond donors (Lipinski definition) is 0. The molecule has 0 atom stereocenters. The number of hydrogen-bond acceptors (Lipinski definition) is 5. The van der Waals surface area contributed by atoms with Crippen LogP contribution in [-0.4, -0.2) is 12.6 Å². The summed E-state index contributed by atoms with van der Waals surface area (Å²) in [4.78, 5) is 25.3. The lowest BCUT2D eigenvalue weighted by Crippen LogP contribution is -2.08. The molecule has 0 spiro atoms. The molecule has 38 heavy (non-hydrogen) atoms. The first-order valence-corrected chi connectivity index (χ1v) is 14.6. The molecule has 0 unspecified atom stereocenters. The molecule has 0 aliphatic heterocycles. The molecule has 1 aromatic heterocycles. The van der Waals surface area contributed by atoms with E-state index < -0.39 is 0 Å². The molecule has 206 valence electrons. The van der Waals surface area contributed by atoms with Gasteiger partial charge in [-0.25, -0.2) is 0 Å². The van der Waals surface area contributed by atoms with Crippen LogP contribution in [0.3, 0.4) is 0 Å². The molecule has 0 fully saturated rings. The van der Waals surface area contributed by atoms with Crippen molar-refractivity contribution in [1.29, 1.82) is 0 Å². The highest BCUT2D eigenvalue weighted by molar-refractivity contribution is 5.83. The number of rotatable bonds is 18. The Labute approximate surface area is 227 Å². The summed E-state index contributed by atoms with van der Waals surface area (Å²) in [5.74, 6) is 0.938. The van der Waals surface area contributed by atoms with Gasteiger partial charge in [0.05, 0.1) is 17.6 Å². The van der Waals surface area contributed by atoms with E-state index in [1.54, 1.807) is 18.2 Å². The van der Waals surface area contributed by atoms with Crippen LogP contribution < -0.4 is 14.9 Å². The number of esters is 1. The van der Waals surface area contributed by atoms with Gasteiger partial charge >= 0.3 is 5.97 Å². The van der Waals surface area contributed by atoms with Gasteiger partial charge in [0.25, 0.3) is 0 Å². The Hall–Kier alpha value is -3.08. The molecule has 3 aromatic rings. The maximum absolute atomic E-state index is 13.1. The van der Waals surface area contributed by atoms with Gasteiger partial charge in [0, 0.05) is 12.5 Å². The lowest BCUT2D eigenvalue weighted by atomic mass is 10.1. The van der Waals surface area contributed by atoms with Crippen molar-refractivity contribution in [3.63, 3.8) is 0 Å². The van der Waals surface area contributed by atoms with Crippen molar-refractivity contribution in [1.82, 2.24) is 0 Å². The summed E-state index contributed by atoms with van der Waals surface area (Å²) >= 11 is 0. The second kappa shape index (κ2) is 16.7. The zero-order valence-electron chi connectivity index (χ0n) is 23.3. The molecule has 0 bridgehead atoms. The van der Waals surface area contributed by atoms with E-state index in [0.29, 0.717) is 35.3 Å². The molecule has 1 heterocycles. The first kappa shape index (κ1) is 29.5. The summed E-state index contributed by atoms with van der Waals surface area (Å²) in [6.45, 7) is 5.12. The molecular formula is C33H44O5. The van der Waals surface area contributed by atoms with E-state index in [4.69, 9.17) is 13.9 Å². The van der Waals surface area contributed by atoms with Gasteiger partial charge in [-0.1, -0.05) is 96.6 Å². The Balaban J connectivity index is 1.50. The van der Waals surface area contributed by atoms with E-state index in [0.717, 1.165) is 37.0 Å². The van der Waals surface area contributed by atoms with Crippen LogP contribution in [0, 0.1) is 0 Å². The topological polar surface area (TPSA) is 65.7 Å². The molecule has 0 aliphatic carbocycles. The fourth-order valence-electron chi connectivity index (χ4n) is 4.58. The van der Waals surface area contributed by atoms with Gasteiger partial charge < -0.3 is 13.9 Å². The zero-order chi connectivity index (χ0) is 27.0.